The molecule has 1 atom stereocenters. The quantitative estimate of drug-likeness (QED) is 0.568. The van der Waals surface area contributed by atoms with E-state index in [9.17, 15) is 18.8 Å². The highest BCUT2D eigenvalue weighted by Crippen LogP contribution is 2.39. The molecule has 9 nitrogen and oxygen atoms in total. The molecule has 0 radical (unpaired) electrons. The third-order valence-corrected chi connectivity index (χ3v) is 6.25. The van der Waals surface area contributed by atoms with Gasteiger partial charge in [-0.25, -0.2) is 9.07 Å². The number of aromatic nitrogens is 5. The lowest BCUT2D eigenvalue weighted by atomic mass is 9.86. The third kappa shape index (κ3) is 3.28. The molecule has 3 aromatic rings. The smallest absolute Gasteiger partial charge is 0.332 e. The van der Waals surface area contributed by atoms with Crippen LogP contribution in [0.1, 0.15) is 28.3 Å². The van der Waals surface area contributed by atoms with Crippen molar-refractivity contribution in [3.05, 3.63) is 80.1 Å². The van der Waals surface area contributed by atoms with Gasteiger partial charge in [0.1, 0.15) is 17.3 Å². The van der Waals surface area contributed by atoms with Gasteiger partial charge in [-0.15, -0.1) is 0 Å². The topological polar surface area (TPSA) is 95.0 Å². The highest BCUT2D eigenvalue weighted by Gasteiger charge is 2.46. The van der Waals surface area contributed by atoms with Gasteiger partial charge >= 0.3 is 11.1 Å². The van der Waals surface area contributed by atoms with Crippen molar-refractivity contribution in [3.63, 3.8) is 0 Å². The summed E-state index contributed by atoms with van der Waals surface area (Å²) in [5.41, 5.74) is -0.426. The van der Waals surface area contributed by atoms with Crippen molar-refractivity contribution in [1.29, 1.82) is 0 Å². The zero-order valence-corrected chi connectivity index (χ0v) is 17.0. The fourth-order valence-corrected chi connectivity index (χ4v) is 4.60. The Morgan fingerprint density at radius 2 is 1.90 bits per heavy atom. The van der Waals surface area contributed by atoms with Gasteiger partial charge in [-0.2, -0.15) is 10.2 Å². The molecule has 160 valence electrons. The van der Waals surface area contributed by atoms with Crippen LogP contribution in [0.25, 0.3) is 0 Å². The van der Waals surface area contributed by atoms with Gasteiger partial charge in [0.25, 0.3) is 5.91 Å². The van der Waals surface area contributed by atoms with Crippen molar-refractivity contribution in [2.45, 2.75) is 25.9 Å². The van der Waals surface area contributed by atoms with E-state index in [1.165, 1.54) is 16.7 Å². The predicted molar refractivity (Wildman–Crippen MR) is 108 cm³/mol. The normalized spacial score (nSPS) is 19.9. The summed E-state index contributed by atoms with van der Waals surface area (Å²) in [4.78, 5) is 40.0. The van der Waals surface area contributed by atoms with Crippen molar-refractivity contribution < 1.29 is 9.18 Å². The molecule has 4 heterocycles. The van der Waals surface area contributed by atoms with Crippen LogP contribution in [0.3, 0.4) is 0 Å². The van der Waals surface area contributed by atoms with Crippen molar-refractivity contribution in [1.82, 2.24) is 29.0 Å². The molecule has 1 amide bonds. The van der Waals surface area contributed by atoms with Gasteiger partial charge in [-0.05, 0) is 30.2 Å². The van der Waals surface area contributed by atoms with Gasteiger partial charge in [-0.1, -0.05) is 12.1 Å². The number of benzene rings is 1. The maximum Gasteiger partial charge on any atom is 0.332 e. The van der Waals surface area contributed by atoms with Crippen molar-refractivity contribution >= 4 is 5.91 Å². The minimum atomic E-state index is -0.703. The first-order valence-corrected chi connectivity index (χ1v) is 10.1. The number of aryl methyl sites for hydroxylation is 1. The fourth-order valence-electron chi connectivity index (χ4n) is 4.60. The zero-order valence-electron chi connectivity index (χ0n) is 17.0. The monoisotopic (exact) mass is 424 g/mol. The van der Waals surface area contributed by atoms with Crippen molar-refractivity contribution in [2.24, 2.45) is 12.5 Å². The second-order valence-electron chi connectivity index (χ2n) is 8.39. The van der Waals surface area contributed by atoms with E-state index in [1.807, 2.05) is 0 Å². The first-order chi connectivity index (χ1) is 14.8. The van der Waals surface area contributed by atoms with Crippen LogP contribution >= 0.6 is 0 Å². The minimum Gasteiger partial charge on any atom is -0.337 e. The summed E-state index contributed by atoms with van der Waals surface area (Å²) in [6, 6.07) is 7.43. The van der Waals surface area contributed by atoms with Crippen molar-refractivity contribution in [2.75, 3.05) is 13.1 Å². The van der Waals surface area contributed by atoms with E-state index in [2.05, 4.69) is 10.2 Å². The summed E-state index contributed by atoms with van der Waals surface area (Å²) in [5, 5.41) is 8.50. The van der Waals surface area contributed by atoms with E-state index in [0.29, 0.717) is 43.1 Å². The summed E-state index contributed by atoms with van der Waals surface area (Å²) in [6.07, 6.45) is 2.83. The van der Waals surface area contributed by atoms with Crippen LogP contribution in [0.4, 0.5) is 4.39 Å². The predicted octanol–water partition coefficient (Wildman–Crippen LogP) is 0.415. The molecule has 2 aliphatic rings. The van der Waals surface area contributed by atoms with Crippen LogP contribution in [0, 0.1) is 11.2 Å². The van der Waals surface area contributed by atoms with Crippen LogP contribution in [0.15, 0.2) is 46.1 Å². The Labute approximate surface area is 176 Å². The number of halogens is 1. The Kier molecular flexibility index (Phi) is 4.38. The Morgan fingerprint density at radius 1 is 1.13 bits per heavy atom. The Hall–Kier alpha value is -3.56. The molecule has 0 bridgehead atoms. The van der Waals surface area contributed by atoms with E-state index in [1.54, 1.807) is 41.0 Å². The molecule has 31 heavy (non-hydrogen) atoms. The average Bonchev–Trinajstić information content (AvgIpc) is 3.46. The lowest BCUT2D eigenvalue weighted by Gasteiger charge is -2.22. The lowest BCUT2D eigenvalue weighted by Crippen LogP contribution is -2.43. The molecule has 10 heteroatoms. The SMILES string of the molecule is Cn1nccc1C(=O)N1CCC2(Cc3nn(Cc4ccc(F)cc4)c(=O)c(=O)n3C2)C1. The molecule has 1 saturated heterocycles. The highest BCUT2D eigenvalue weighted by molar-refractivity contribution is 5.92. The Bertz CT molecular complexity index is 1290. The molecular weight excluding hydrogens is 403 g/mol. The Balaban J connectivity index is 1.39. The largest absolute Gasteiger partial charge is 0.337 e. The van der Waals surface area contributed by atoms with Gasteiger partial charge in [0.05, 0.1) is 6.54 Å². The number of rotatable bonds is 3. The second-order valence-corrected chi connectivity index (χ2v) is 8.39. The van der Waals surface area contributed by atoms with Crippen LogP contribution in [0.5, 0.6) is 0 Å². The molecule has 1 spiro atoms. The van der Waals surface area contributed by atoms with E-state index in [-0.39, 0.29) is 23.7 Å². The molecule has 1 aromatic carbocycles. The van der Waals surface area contributed by atoms with Crippen LogP contribution < -0.4 is 11.1 Å². The van der Waals surface area contributed by atoms with Crippen molar-refractivity contribution in [3.8, 4) is 0 Å². The fraction of sp³-hybridized carbons (Fsp3) is 0.381. The van der Waals surface area contributed by atoms with E-state index >= 15 is 0 Å². The molecule has 5 rings (SSSR count). The second kappa shape index (κ2) is 7.00. The van der Waals surface area contributed by atoms with E-state index in [4.69, 9.17) is 0 Å². The third-order valence-electron chi connectivity index (χ3n) is 6.25. The highest BCUT2D eigenvalue weighted by atomic mass is 19.1. The molecule has 2 aromatic heterocycles. The summed E-state index contributed by atoms with van der Waals surface area (Å²) in [7, 11) is 1.73. The van der Waals surface area contributed by atoms with Gasteiger partial charge < -0.3 is 4.90 Å². The van der Waals surface area contributed by atoms with Gasteiger partial charge in [0.2, 0.25) is 0 Å². The minimum absolute atomic E-state index is 0.0935. The van der Waals surface area contributed by atoms with Crippen LogP contribution in [0.2, 0.25) is 0 Å². The average molecular weight is 424 g/mol. The zero-order chi connectivity index (χ0) is 21.8. The van der Waals surface area contributed by atoms with E-state index < -0.39 is 11.1 Å². The number of hydrogen-bond acceptors (Lipinski definition) is 5. The molecular formula is C21H21FN6O3. The standard InChI is InChI=1S/C21H21FN6O3/c1-25-16(6-8-23-25)18(29)26-9-7-21(12-26)10-17-24-28(20(31)19(30)27(17)13-21)11-14-2-4-15(22)5-3-14/h2-6,8H,7,9-13H2,1H3. The summed E-state index contributed by atoms with van der Waals surface area (Å²) >= 11 is 0. The number of amides is 1. The number of carbonyl (C=O) groups excluding carboxylic acids is 1. The molecule has 1 fully saturated rings. The molecule has 1 unspecified atom stereocenters. The first-order valence-electron chi connectivity index (χ1n) is 10.1. The van der Waals surface area contributed by atoms with Crippen LogP contribution in [-0.2, 0) is 26.6 Å². The molecule has 2 aliphatic heterocycles. The van der Waals surface area contributed by atoms with Gasteiger partial charge in [0.15, 0.2) is 0 Å². The first kappa shape index (κ1) is 19.4. The Morgan fingerprint density at radius 3 is 2.61 bits per heavy atom. The maximum absolute atomic E-state index is 13.1. The maximum atomic E-state index is 13.1. The summed E-state index contributed by atoms with van der Waals surface area (Å²) in [5.74, 6) is 0.0806. The number of likely N-dealkylation sites (tertiary alicyclic amines) is 1. The molecule has 0 N–H and O–H groups in total. The molecule has 0 saturated carbocycles. The number of nitrogens with zero attached hydrogens (tertiary/aromatic N) is 6. The molecule has 0 aliphatic carbocycles. The van der Waals surface area contributed by atoms with Gasteiger partial charge in [0, 0.05) is 44.7 Å². The number of carbonyl (C=O) groups is 1. The summed E-state index contributed by atoms with van der Waals surface area (Å²) in [6.45, 7) is 1.54. The number of fused-ring (bicyclic) bond motifs is 1. The summed E-state index contributed by atoms with van der Waals surface area (Å²) < 4.78 is 17.3. The lowest BCUT2D eigenvalue weighted by molar-refractivity contribution is 0.0761. The van der Waals surface area contributed by atoms with Gasteiger partial charge in [-0.3, -0.25) is 23.6 Å². The van der Waals surface area contributed by atoms with E-state index in [0.717, 1.165) is 11.1 Å². The van der Waals surface area contributed by atoms with Crippen LogP contribution in [-0.4, -0.2) is 48.0 Å². The number of hydrogen-bond donors (Lipinski definition) is 0.